The highest BCUT2D eigenvalue weighted by Gasteiger charge is 2.12. The molecule has 4 heteroatoms. The molecule has 0 atom stereocenters. The van der Waals surface area contributed by atoms with Crippen molar-refractivity contribution in [2.75, 3.05) is 24.3 Å². The number of amides is 1. The van der Waals surface area contributed by atoms with Crippen molar-refractivity contribution >= 4 is 17.3 Å². The highest BCUT2D eigenvalue weighted by molar-refractivity contribution is 6.05. The van der Waals surface area contributed by atoms with Crippen LogP contribution in [0.3, 0.4) is 0 Å². The molecule has 0 saturated heterocycles. The zero-order valence-electron chi connectivity index (χ0n) is 15.2. The van der Waals surface area contributed by atoms with E-state index >= 15 is 0 Å². The van der Waals surface area contributed by atoms with Gasteiger partial charge in [-0.15, -0.1) is 0 Å². The fourth-order valence-electron chi connectivity index (χ4n) is 2.77. The van der Waals surface area contributed by atoms with Gasteiger partial charge in [0.1, 0.15) is 5.75 Å². The van der Waals surface area contributed by atoms with Crippen LogP contribution in [0.2, 0.25) is 0 Å². The quantitative estimate of drug-likeness (QED) is 0.698. The lowest BCUT2D eigenvalue weighted by Crippen LogP contribution is -2.14. The number of anilines is 2. The number of hydrogen-bond acceptors (Lipinski definition) is 3. The van der Waals surface area contributed by atoms with Crippen LogP contribution < -0.4 is 15.0 Å². The minimum absolute atomic E-state index is 0.164. The Labute approximate surface area is 154 Å². The van der Waals surface area contributed by atoms with Gasteiger partial charge in [-0.25, -0.2) is 0 Å². The first kappa shape index (κ1) is 17.5. The Balaban J connectivity index is 1.81. The van der Waals surface area contributed by atoms with Crippen molar-refractivity contribution in [2.24, 2.45) is 0 Å². The second-order valence-electron chi connectivity index (χ2n) is 6.26. The molecule has 0 spiro atoms. The number of rotatable bonds is 5. The molecule has 132 valence electrons. The normalized spacial score (nSPS) is 10.3. The van der Waals surface area contributed by atoms with Gasteiger partial charge in [0.05, 0.1) is 5.69 Å². The van der Waals surface area contributed by atoms with Crippen molar-refractivity contribution in [3.8, 4) is 11.5 Å². The summed E-state index contributed by atoms with van der Waals surface area (Å²) in [4.78, 5) is 14.7. The van der Waals surface area contributed by atoms with Gasteiger partial charge in [0.15, 0.2) is 5.75 Å². The average molecular weight is 346 g/mol. The fraction of sp³-hybridized carbons (Fsp3) is 0.136. The van der Waals surface area contributed by atoms with Crippen molar-refractivity contribution in [2.45, 2.75) is 6.92 Å². The number of para-hydroxylation sites is 3. The van der Waals surface area contributed by atoms with Crippen LogP contribution in [0.1, 0.15) is 15.9 Å². The molecule has 0 aliphatic rings. The van der Waals surface area contributed by atoms with Crippen LogP contribution in [0.15, 0.2) is 72.8 Å². The van der Waals surface area contributed by atoms with Crippen molar-refractivity contribution in [3.63, 3.8) is 0 Å². The van der Waals surface area contributed by atoms with Gasteiger partial charge >= 0.3 is 0 Å². The Hall–Kier alpha value is -3.27. The van der Waals surface area contributed by atoms with Gasteiger partial charge in [-0.3, -0.25) is 4.79 Å². The molecule has 0 aliphatic carbocycles. The number of nitrogens with one attached hydrogen (secondary N) is 1. The fourth-order valence-corrected chi connectivity index (χ4v) is 2.77. The molecule has 3 rings (SSSR count). The number of hydrogen-bond donors (Lipinski definition) is 1. The summed E-state index contributed by atoms with van der Waals surface area (Å²) < 4.78 is 5.90. The number of carbonyl (C=O) groups is 1. The molecule has 0 bridgehead atoms. The SMILES string of the molecule is Cc1cc(C(=O)Nc2ccccc2Oc2ccccc2)ccc1N(C)C. The zero-order valence-corrected chi connectivity index (χ0v) is 15.2. The molecule has 1 amide bonds. The van der Waals surface area contributed by atoms with E-state index in [-0.39, 0.29) is 5.91 Å². The zero-order chi connectivity index (χ0) is 18.5. The van der Waals surface area contributed by atoms with Crippen molar-refractivity contribution in [1.82, 2.24) is 0 Å². The number of nitrogens with zero attached hydrogens (tertiary/aromatic N) is 1. The number of aryl methyl sites for hydroxylation is 1. The average Bonchev–Trinajstić information content (AvgIpc) is 2.63. The third-order valence-electron chi connectivity index (χ3n) is 4.05. The van der Waals surface area contributed by atoms with Gasteiger partial charge in [0.2, 0.25) is 0 Å². The first-order valence-corrected chi connectivity index (χ1v) is 8.46. The Bertz CT molecular complexity index is 905. The lowest BCUT2D eigenvalue weighted by molar-refractivity contribution is 0.102. The molecule has 0 unspecified atom stereocenters. The molecule has 0 fully saturated rings. The smallest absolute Gasteiger partial charge is 0.255 e. The monoisotopic (exact) mass is 346 g/mol. The van der Waals surface area contributed by atoms with E-state index in [2.05, 4.69) is 5.32 Å². The second-order valence-corrected chi connectivity index (χ2v) is 6.26. The predicted octanol–water partition coefficient (Wildman–Crippen LogP) is 5.11. The summed E-state index contributed by atoms with van der Waals surface area (Å²) in [5.74, 6) is 1.16. The second kappa shape index (κ2) is 7.74. The van der Waals surface area contributed by atoms with Crippen molar-refractivity contribution in [1.29, 1.82) is 0 Å². The number of carbonyl (C=O) groups excluding carboxylic acids is 1. The van der Waals surface area contributed by atoms with Crippen molar-refractivity contribution < 1.29 is 9.53 Å². The summed E-state index contributed by atoms with van der Waals surface area (Å²) in [5, 5.41) is 2.95. The van der Waals surface area contributed by atoms with Crippen LogP contribution in [0.4, 0.5) is 11.4 Å². The summed E-state index contributed by atoms with van der Waals surface area (Å²) >= 11 is 0. The lowest BCUT2D eigenvalue weighted by atomic mass is 10.1. The Morgan fingerprint density at radius 1 is 0.923 bits per heavy atom. The maximum absolute atomic E-state index is 12.7. The maximum Gasteiger partial charge on any atom is 0.255 e. The third kappa shape index (κ3) is 4.03. The van der Waals surface area contributed by atoms with E-state index in [1.165, 1.54) is 0 Å². The molecule has 0 aromatic heterocycles. The predicted molar refractivity (Wildman–Crippen MR) is 106 cm³/mol. The summed E-state index contributed by atoms with van der Waals surface area (Å²) in [5.41, 5.74) is 3.39. The molecule has 0 aliphatic heterocycles. The standard InChI is InChI=1S/C22H22N2O2/c1-16-15-17(13-14-20(16)24(2)3)22(25)23-19-11-7-8-12-21(19)26-18-9-5-4-6-10-18/h4-15H,1-3H3,(H,23,25). The summed E-state index contributed by atoms with van der Waals surface area (Å²) in [6.45, 7) is 2.00. The first-order valence-electron chi connectivity index (χ1n) is 8.46. The van der Waals surface area contributed by atoms with Crippen LogP contribution >= 0.6 is 0 Å². The largest absolute Gasteiger partial charge is 0.455 e. The van der Waals surface area contributed by atoms with Crippen LogP contribution in [-0.4, -0.2) is 20.0 Å². The van der Waals surface area contributed by atoms with Crippen LogP contribution in [0, 0.1) is 6.92 Å². The highest BCUT2D eigenvalue weighted by Crippen LogP contribution is 2.29. The van der Waals surface area contributed by atoms with Gasteiger partial charge < -0.3 is 15.0 Å². The summed E-state index contributed by atoms with van der Waals surface area (Å²) in [6, 6.07) is 22.6. The summed E-state index contributed by atoms with van der Waals surface area (Å²) in [6.07, 6.45) is 0. The molecule has 3 aromatic rings. The van der Waals surface area contributed by atoms with E-state index in [9.17, 15) is 4.79 Å². The minimum Gasteiger partial charge on any atom is -0.455 e. The molecule has 0 radical (unpaired) electrons. The Morgan fingerprint density at radius 2 is 1.62 bits per heavy atom. The molecule has 0 saturated carbocycles. The molecule has 1 N–H and O–H groups in total. The van der Waals surface area contributed by atoms with Gasteiger partial charge in [0, 0.05) is 25.3 Å². The van der Waals surface area contributed by atoms with Gasteiger partial charge in [0.25, 0.3) is 5.91 Å². The van der Waals surface area contributed by atoms with Gasteiger partial charge in [-0.2, -0.15) is 0 Å². The molecular formula is C22H22N2O2. The lowest BCUT2D eigenvalue weighted by Gasteiger charge is -2.17. The van der Waals surface area contributed by atoms with Crippen LogP contribution in [0.25, 0.3) is 0 Å². The molecule has 4 nitrogen and oxygen atoms in total. The molecule has 3 aromatic carbocycles. The maximum atomic E-state index is 12.7. The topological polar surface area (TPSA) is 41.6 Å². The van der Waals surface area contributed by atoms with E-state index in [0.29, 0.717) is 17.0 Å². The van der Waals surface area contributed by atoms with Crippen molar-refractivity contribution in [3.05, 3.63) is 83.9 Å². The third-order valence-corrected chi connectivity index (χ3v) is 4.05. The van der Waals surface area contributed by atoms with Gasteiger partial charge in [-0.05, 0) is 55.0 Å². The van der Waals surface area contributed by atoms with Gasteiger partial charge in [-0.1, -0.05) is 30.3 Å². The Kier molecular flexibility index (Phi) is 5.23. The molecule has 0 heterocycles. The molecular weight excluding hydrogens is 324 g/mol. The Morgan fingerprint density at radius 3 is 2.31 bits per heavy atom. The van der Waals surface area contributed by atoms with E-state index in [1.807, 2.05) is 98.7 Å². The minimum atomic E-state index is -0.164. The van der Waals surface area contributed by atoms with E-state index in [4.69, 9.17) is 4.74 Å². The number of ether oxygens (including phenoxy) is 1. The summed E-state index contributed by atoms with van der Waals surface area (Å²) in [7, 11) is 3.97. The van der Waals surface area contributed by atoms with Crippen LogP contribution in [0.5, 0.6) is 11.5 Å². The van der Waals surface area contributed by atoms with Crippen LogP contribution in [-0.2, 0) is 0 Å². The molecule has 26 heavy (non-hydrogen) atoms. The highest BCUT2D eigenvalue weighted by atomic mass is 16.5. The van der Waals surface area contributed by atoms with E-state index in [0.717, 1.165) is 17.0 Å². The van der Waals surface area contributed by atoms with E-state index in [1.54, 1.807) is 0 Å². The van der Waals surface area contributed by atoms with E-state index < -0.39 is 0 Å². The first-order chi connectivity index (χ1) is 12.5. The number of benzene rings is 3.